The summed E-state index contributed by atoms with van der Waals surface area (Å²) < 4.78 is 2.18. The Kier molecular flexibility index (Phi) is 5.96. The van der Waals surface area contributed by atoms with Crippen molar-refractivity contribution in [1.29, 1.82) is 0 Å². The Morgan fingerprint density at radius 3 is 2.65 bits per heavy atom. The van der Waals surface area contributed by atoms with E-state index in [-0.39, 0.29) is 5.91 Å². The summed E-state index contributed by atoms with van der Waals surface area (Å²) in [5.41, 5.74) is 2.25. The molecule has 1 fully saturated rings. The summed E-state index contributed by atoms with van der Waals surface area (Å²) in [5.74, 6) is 1.30. The molecule has 1 amide bonds. The van der Waals surface area contributed by atoms with Gasteiger partial charge in [-0.15, -0.1) is 0 Å². The van der Waals surface area contributed by atoms with Crippen LogP contribution in [0.2, 0.25) is 0 Å². The van der Waals surface area contributed by atoms with Crippen LogP contribution in [-0.4, -0.2) is 47.0 Å². The fourth-order valence-corrected chi connectivity index (χ4v) is 3.75. The zero-order chi connectivity index (χ0) is 18.5. The molecule has 0 spiro atoms. The van der Waals surface area contributed by atoms with Crippen LogP contribution in [0.5, 0.6) is 0 Å². The molecule has 0 bridgehead atoms. The first-order valence-electron chi connectivity index (χ1n) is 9.58. The van der Waals surface area contributed by atoms with Gasteiger partial charge in [0.1, 0.15) is 5.82 Å². The lowest BCUT2D eigenvalue weighted by Crippen LogP contribution is -2.44. The van der Waals surface area contributed by atoms with Gasteiger partial charge in [0.25, 0.3) is 0 Å². The van der Waals surface area contributed by atoms with Gasteiger partial charge in [-0.3, -0.25) is 4.79 Å². The van der Waals surface area contributed by atoms with E-state index in [0.717, 1.165) is 49.4 Å². The number of hydrogen-bond donors (Lipinski definition) is 0. The lowest BCUT2D eigenvalue weighted by atomic mass is 9.98. The number of likely N-dealkylation sites (tertiary alicyclic amines) is 1. The summed E-state index contributed by atoms with van der Waals surface area (Å²) in [6.45, 7) is 3.85. The van der Waals surface area contributed by atoms with Crippen molar-refractivity contribution >= 4 is 11.6 Å². The minimum absolute atomic E-state index is 0.259. The fourth-order valence-electron chi connectivity index (χ4n) is 3.75. The molecule has 1 aromatic carbocycles. The van der Waals surface area contributed by atoms with Crippen LogP contribution >= 0.6 is 0 Å². The van der Waals surface area contributed by atoms with Crippen molar-refractivity contribution in [2.75, 3.05) is 25.5 Å². The summed E-state index contributed by atoms with van der Waals surface area (Å²) in [6, 6.07) is 8.65. The molecule has 2 aromatic rings. The van der Waals surface area contributed by atoms with Gasteiger partial charge in [0.05, 0.1) is 6.42 Å². The van der Waals surface area contributed by atoms with Crippen LogP contribution in [0.4, 0.5) is 5.69 Å². The van der Waals surface area contributed by atoms with Crippen molar-refractivity contribution in [3.05, 3.63) is 48.0 Å². The van der Waals surface area contributed by atoms with Crippen molar-refractivity contribution in [2.24, 2.45) is 0 Å². The lowest BCUT2D eigenvalue weighted by Gasteiger charge is -2.36. The maximum atomic E-state index is 12.9. The summed E-state index contributed by atoms with van der Waals surface area (Å²) in [7, 11) is 4.06. The number of rotatable bonds is 6. The predicted molar refractivity (Wildman–Crippen MR) is 105 cm³/mol. The quantitative estimate of drug-likeness (QED) is 0.799. The standard InChI is InChI=1S/C21H30N4O/c1-17-22-12-15-24(17)14-11-20-6-4-5-13-25(20)21(26)16-18-7-9-19(10-8-18)23(2)3/h7-10,12,15,20H,4-6,11,13-14,16H2,1-3H3/t20-/m1/s1. The zero-order valence-electron chi connectivity index (χ0n) is 16.2. The minimum Gasteiger partial charge on any atom is -0.378 e. The molecule has 2 heterocycles. The number of anilines is 1. The molecule has 1 aromatic heterocycles. The van der Waals surface area contributed by atoms with E-state index in [0.29, 0.717) is 12.5 Å². The molecule has 140 valence electrons. The number of carbonyl (C=O) groups excluding carboxylic acids is 1. The predicted octanol–water partition coefficient (Wildman–Crippen LogP) is 3.27. The van der Waals surface area contributed by atoms with Crippen LogP contribution in [0.15, 0.2) is 36.7 Å². The number of amides is 1. The average Bonchev–Trinajstić information content (AvgIpc) is 3.05. The number of carbonyl (C=O) groups is 1. The molecular weight excluding hydrogens is 324 g/mol. The van der Waals surface area contributed by atoms with Crippen LogP contribution in [-0.2, 0) is 17.8 Å². The maximum Gasteiger partial charge on any atom is 0.227 e. The maximum absolute atomic E-state index is 12.9. The Morgan fingerprint density at radius 2 is 2.00 bits per heavy atom. The van der Waals surface area contributed by atoms with Gasteiger partial charge in [0.2, 0.25) is 5.91 Å². The Hall–Kier alpha value is -2.30. The lowest BCUT2D eigenvalue weighted by molar-refractivity contribution is -0.134. The van der Waals surface area contributed by atoms with Crippen molar-refractivity contribution in [2.45, 2.75) is 51.6 Å². The van der Waals surface area contributed by atoms with Crippen molar-refractivity contribution in [1.82, 2.24) is 14.5 Å². The Morgan fingerprint density at radius 1 is 1.23 bits per heavy atom. The summed E-state index contributed by atoms with van der Waals surface area (Å²) in [5, 5.41) is 0. The summed E-state index contributed by atoms with van der Waals surface area (Å²) in [4.78, 5) is 21.4. The SMILES string of the molecule is Cc1nccn1CC[C@H]1CCCCN1C(=O)Cc1ccc(N(C)C)cc1. The topological polar surface area (TPSA) is 41.4 Å². The second-order valence-corrected chi connectivity index (χ2v) is 7.43. The third-order valence-corrected chi connectivity index (χ3v) is 5.38. The molecule has 1 saturated heterocycles. The normalized spacial score (nSPS) is 17.3. The van der Waals surface area contributed by atoms with Gasteiger partial charge < -0.3 is 14.4 Å². The van der Waals surface area contributed by atoms with Gasteiger partial charge in [-0.1, -0.05) is 12.1 Å². The van der Waals surface area contributed by atoms with Crippen molar-refractivity contribution < 1.29 is 4.79 Å². The number of imidazole rings is 1. The Balaban J connectivity index is 1.61. The molecule has 0 radical (unpaired) electrons. The second kappa shape index (κ2) is 8.39. The molecule has 1 aliphatic rings. The molecule has 1 atom stereocenters. The summed E-state index contributed by atoms with van der Waals surface area (Å²) in [6.07, 6.45) is 8.81. The van der Waals surface area contributed by atoms with Crippen molar-refractivity contribution in [3.63, 3.8) is 0 Å². The van der Waals surface area contributed by atoms with Crippen LogP contribution in [0.1, 0.15) is 37.1 Å². The highest BCUT2D eigenvalue weighted by atomic mass is 16.2. The van der Waals surface area contributed by atoms with E-state index in [1.165, 1.54) is 6.42 Å². The van der Waals surface area contributed by atoms with E-state index in [4.69, 9.17) is 0 Å². The first kappa shape index (κ1) is 18.5. The molecule has 0 unspecified atom stereocenters. The number of nitrogens with zero attached hydrogens (tertiary/aromatic N) is 4. The molecule has 0 saturated carbocycles. The molecule has 26 heavy (non-hydrogen) atoms. The number of hydrogen-bond acceptors (Lipinski definition) is 3. The van der Waals surface area contributed by atoms with Crippen molar-refractivity contribution in [3.8, 4) is 0 Å². The monoisotopic (exact) mass is 354 g/mol. The van der Waals surface area contributed by atoms with E-state index in [9.17, 15) is 4.79 Å². The van der Waals surface area contributed by atoms with Crippen LogP contribution < -0.4 is 4.90 Å². The number of piperidine rings is 1. The van der Waals surface area contributed by atoms with Crippen LogP contribution in [0.25, 0.3) is 0 Å². The second-order valence-electron chi connectivity index (χ2n) is 7.43. The molecule has 0 aliphatic carbocycles. The largest absolute Gasteiger partial charge is 0.378 e. The third-order valence-electron chi connectivity index (χ3n) is 5.38. The third kappa shape index (κ3) is 4.45. The summed E-state index contributed by atoms with van der Waals surface area (Å²) >= 11 is 0. The molecule has 1 aliphatic heterocycles. The van der Waals surface area contributed by atoms with Gasteiger partial charge in [0, 0.05) is 51.3 Å². The Bertz CT molecular complexity index is 720. The molecule has 5 heteroatoms. The smallest absolute Gasteiger partial charge is 0.227 e. The fraction of sp³-hybridized carbons (Fsp3) is 0.524. The minimum atomic E-state index is 0.259. The van der Waals surface area contributed by atoms with E-state index >= 15 is 0 Å². The van der Waals surface area contributed by atoms with Gasteiger partial charge >= 0.3 is 0 Å². The zero-order valence-corrected chi connectivity index (χ0v) is 16.2. The highest BCUT2D eigenvalue weighted by Crippen LogP contribution is 2.22. The van der Waals surface area contributed by atoms with E-state index in [2.05, 4.69) is 43.6 Å². The van der Waals surface area contributed by atoms with E-state index < -0.39 is 0 Å². The number of benzene rings is 1. The first-order chi connectivity index (χ1) is 12.5. The molecule has 5 nitrogen and oxygen atoms in total. The highest BCUT2D eigenvalue weighted by molar-refractivity contribution is 5.79. The average molecular weight is 354 g/mol. The van der Waals surface area contributed by atoms with Crippen LogP contribution in [0, 0.1) is 6.92 Å². The van der Waals surface area contributed by atoms with Gasteiger partial charge in [-0.25, -0.2) is 4.98 Å². The van der Waals surface area contributed by atoms with Crippen LogP contribution in [0.3, 0.4) is 0 Å². The Labute approximate surface area is 156 Å². The molecule has 3 rings (SSSR count). The number of aromatic nitrogens is 2. The van der Waals surface area contributed by atoms with E-state index in [1.807, 2.05) is 33.4 Å². The van der Waals surface area contributed by atoms with E-state index in [1.54, 1.807) is 0 Å². The highest BCUT2D eigenvalue weighted by Gasteiger charge is 2.26. The van der Waals surface area contributed by atoms with Gasteiger partial charge in [-0.2, -0.15) is 0 Å². The molecular formula is C21H30N4O. The van der Waals surface area contributed by atoms with Gasteiger partial charge in [-0.05, 0) is 50.3 Å². The first-order valence-corrected chi connectivity index (χ1v) is 9.58. The molecule has 0 N–H and O–H groups in total. The number of aryl methyl sites for hydroxylation is 2. The van der Waals surface area contributed by atoms with Gasteiger partial charge in [0.15, 0.2) is 0 Å².